The molecule has 38 heavy (non-hydrogen) atoms. The Labute approximate surface area is 220 Å². The molecule has 0 bridgehead atoms. The van der Waals surface area contributed by atoms with Gasteiger partial charge in [0, 0.05) is 17.7 Å². The van der Waals surface area contributed by atoms with Crippen LogP contribution in [-0.4, -0.2) is 50.8 Å². The molecule has 1 N–H and O–H groups in total. The van der Waals surface area contributed by atoms with Crippen LogP contribution in [0.2, 0.25) is 0 Å². The fourth-order valence-electron chi connectivity index (χ4n) is 3.69. The highest BCUT2D eigenvalue weighted by Gasteiger charge is 2.17. The molecular weight excluding hydrogens is 511 g/mol. The zero-order chi connectivity index (χ0) is 26.8. The SMILES string of the molecule is COc1cnc2c(-c3nc4cc(F)c(OC[C@@H](C)OC(=O)Nc5cnc(C)nc5)cc4s3)cc(C)cc2n1. The molecule has 5 rings (SSSR count). The minimum Gasteiger partial charge on any atom is -0.487 e. The number of hydrogen-bond donors (Lipinski definition) is 1. The molecule has 1 amide bonds. The molecule has 0 aliphatic rings. The van der Waals surface area contributed by atoms with Crippen LogP contribution in [-0.2, 0) is 4.74 Å². The van der Waals surface area contributed by atoms with Crippen LogP contribution in [0.3, 0.4) is 0 Å². The van der Waals surface area contributed by atoms with Crippen molar-refractivity contribution in [2.45, 2.75) is 26.9 Å². The molecule has 3 aromatic heterocycles. The summed E-state index contributed by atoms with van der Waals surface area (Å²) >= 11 is 1.39. The van der Waals surface area contributed by atoms with Gasteiger partial charge in [-0.05, 0) is 38.5 Å². The number of aromatic nitrogens is 5. The van der Waals surface area contributed by atoms with Gasteiger partial charge in [-0.3, -0.25) is 5.32 Å². The maximum absolute atomic E-state index is 14.8. The lowest BCUT2D eigenvalue weighted by Gasteiger charge is -2.15. The van der Waals surface area contributed by atoms with E-state index in [-0.39, 0.29) is 12.4 Å². The number of carbonyl (C=O) groups excluding carboxylic acids is 1. The van der Waals surface area contributed by atoms with E-state index >= 15 is 0 Å². The predicted octanol–water partition coefficient (Wildman–Crippen LogP) is 5.48. The number of ether oxygens (including phenoxy) is 3. The van der Waals surface area contributed by atoms with E-state index in [1.54, 1.807) is 26.1 Å². The molecule has 1 atom stereocenters. The number of fused-ring (bicyclic) bond motifs is 2. The quantitative estimate of drug-likeness (QED) is 0.289. The van der Waals surface area contributed by atoms with E-state index in [0.29, 0.717) is 38.9 Å². The van der Waals surface area contributed by atoms with Crippen molar-refractivity contribution in [2.75, 3.05) is 19.0 Å². The van der Waals surface area contributed by atoms with Crippen molar-refractivity contribution >= 4 is 44.4 Å². The number of amides is 1. The third-order valence-corrected chi connectivity index (χ3v) is 6.51. The summed E-state index contributed by atoms with van der Waals surface area (Å²) in [5.41, 5.74) is 4.03. The van der Waals surface area contributed by atoms with Gasteiger partial charge in [0.1, 0.15) is 23.5 Å². The molecule has 0 radical (unpaired) electrons. The number of benzene rings is 2. The fourth-order valence-corrected chi connectivity index (χ4v) is 4.69. The van der Waals surface area contributed by atoms with Gasteiger partial charge in [-0.1, -0.05) is 0 Å². The van der Waals surface area contributed by atoms with Crippen molar-refractivity contribution in [3.8, 4) is 22.2 Å². The van der Waals surface area contributed by atoms with E-state index in [4.69, 9.17) is 14.2 Å². The van der Waals surface area contributed by atoms with E-state index in [2.05, 4.69) is 30.2 Å². The maximum Gasteiger partial charge on any atom is 0.412 e. The van der Waals surface area contributed by atoms with Gasteiger partial charge < -0.3 is 14.2 Å². The third-order valence-electron chi connectivity index (χ3n) is 5.46. The van der Waals surface area contributed by atoms with Gasteiger partial charge in [0.15, 0.2) is 11.6 Å². The highest BCUT2D eigenvalue weighted by molar-refractivity contribution is 7.21. The second-order valence-electron chi connectivity index (χ2n) is 8.53. The van der Waals surface area contributed by atoms with Gasteiger partial charge in [-0.25, -0.2) is 34.1 Å². The Bertz CT molecular complexity index is 1640. The van der Waals surface area contributed by atoms with Crippen molar-refractivity contribution in [1.82, 2.24) is 24.9 Å². The first kappa shape index (κ1) is 25.2. The number of halogens is 1. The van der Waals surface area contributed by atoms with Crippen LogP contribution in [0.15, 0.2) is 42.9 Å². The zero-order valence-corrected chi connectivity index (χ0v) is 21.8. The predicted molar refractivity (Wildman–Crippen MR) is 141 cm³/mol. The van der Waals surface area contributed by atoms with Gasteiger partial charge in [-0.2, -0.15) is 0 Å². The molecule has 0 fully saturated rings. The summed E-state index contributed by atoms with van der Waals surface area (Å²) in [5, 5.41) is 3.21. The van der Waals surface area contributed by atoms with E-state index in [9.17, 15) is 9.18 Å². The van der Waals surface area contributed by atoms with Crippen LogP contribution >= 0.6 is 11.3 Å². The van der Waals surface area contributed by atoms with Crippen LogP contribution in [0.4, 0.5) is 14.9 Å². The molecule has 3 heterocycles. The average Bonchev–Trinajstić information content (AvgIpc) is 3.30. The number of carbonyl (C=O) groups is 1. The Morgan fingerprint density at radius 1 is 1.05 bits per heavy atom. The Balaban J connectivity index is 1.31. The summed E-state index contributed by atoms with van der Waals surface area (Å²) in [7, 11) is 1.54. The van der Waals surface area contributed by atoms with Crippen LogP contribution in [0.5, 0.6) is 11.6 Å². The molecular formula is C26H23FN6O4S. The number of methoxy groups -OCH3 is 1. The number of nitrogens with one attached hydrogen (secondary N) is 1. The number of hydrogen-bond acceptors (Lipinski definition) is 10. The first-order valence-corrected chi connectivity index (χ1v) is 12.4. The summed E-state index contributed by atoms with van der Waals surface area (Å²) in [6.07, 6.45) is 3.16. The van der Waals surface area contributed by atoms with Gasteiger partial charge >= 0.3 is 6.09 Å². The first-order valence-electron chi connectivity index (χ1n) is 11.6. The lowest BCUT2D eigenvalue weighted by molar-refractivity contribution is 0.0844. The van der Waals surface area contributed by atoms with Crippen LogP contribution in [0.1, 0.15) is 18.3 Å². The zero-order valence-electron chi connectivity index (χ0n) is 21.0. The van der Waals surface area contributed by atoms with Gasteiger partial charge in [0.25, 0.3) is 0 Å². The molecule has 0 saturated carbocycles. The highest BCUT2D eigenvalue weighted by atomic mass is 32.1. The fraction of sp³-hybridized carbons (Fsp3) is 0.231. The van der Waals surface area contributed by atoms with Crippen molar-refractivity contribution in [1.29, 1.82) is 0 Å². The molecule has 12 heteroatoms. The molecule has 0 aliphatic heterocycles. The number of nitrogens with zero attached hydrogens (tertiary/aromatic N) is 5. The lowest BCUT2D eigenvalue weighted by atomic mass is 10.1. The minimum absolute atomic E-state index is 0.0362. The Morgan fingerprint density at radius 2 is 1.84 bits per heavy atom. The standard InChI is InChI=1S/C26H23FN6O4S/c1-13-5-17(24-20(6-13)32-23(35-4)11-30-24)25-33-19-7-18(27)21(8-22(19)38-25)36-12-14(2)37-26(34)31-16-9-28-15(3)29-10-16/h5-11,14H,12H2,1-4H3,(H,31,34)/t14-/m1/s1. The molecule has 2 aromatic carbocycles. The van der Waals surface area contributed by atoms with Crippen LogP contribution in [0, 0.1) is 19.7 Å². The number of anilines is 1. The Morgan fingerprint density at radius 3 is 2.61 bits per heavy atom. The monoisotopic (exact) mass is 534 g/mol. The highest BCUT2D eigenvalue weighted by Crippen LogP contribution is 2.37. The van der Waals surface area contributed by atoms with Gasteiger partial charge in [0.2, 0.25) is 5.88 Å². The van der Waals surface area contributed by atoms with Crippen LogP contribution in [0.25, 0.3) is 31.8 Å². The normalized spacial score (nSPS) is 11.9. The number of rotatable bonds is 7. The van der Waals surface area contributed by atoms with Crippen molar-refractivity contribution < 1.29 is 23.4 Å². The maximum atomic E-state index is 14.8. The summed E-state index contributed by atoms with van der Waals surface area (Å²) in [5.74, 6) is 0.469. The molecule has 0 unspecified atom stereocenters. The lowest BCUT2D eigenvalue weighted by Crippen LogP contribution is -2.25. The second kappa shape index (κ2) is 10.5. The molecule has 0 spiro atoms. The van der Waals surface area contributed by atoms with Crippen molar-refractivity contribution in [2.24, 2.45) is 0 Å². The summed E-state index contributed by atoms with van der Waals surface area (Å²) in [6.45, 7) is 5.29. The second-order valence-corrected chi connectivity index (χ2v) is 9.56. The van der Waals surface area contributed by atoms with Crippen molar-refractivity contribution in [3.05, 3.63) is 60.1 Å². The topological polar surface area (TPSA) is 121 Å². The van der Waals surface area contributed by atoms with E-state index in [1.807, 2.05) is 19.1 Å². The largest absolute Gasteiger partial charge is 0.487 e. The third kappa shape index (κ3) is 5.44. The molecule has 194 valence electrons. The summed E-state index contributed by atoms with van der Waals surface area (Å²) in [6, 6.07) is 6.81. The summed E-state index contributed by atoms with van der Waals surface area (Å²) in [4.78, 5) is 33.7. The Hall–Kier alpha value is -4.45. The van der Waals surface area contributed by atoms with E-state index in [1.165, 1.54) is 36.9 Å². The Kier molecular flexibility index (Phi) is 6.97. The minimum atomic E-state index is -0.692. The first-order chi connectivity index (χ1) is 18.3. The number of aryl methyl sites for hydroxylation is 2. The summed E-state index contributed by atoms with van der Waals surface area (Å²) < 4.78 is 31.7. The smallest absolute Gasteiger partial charge is 0.412 e. The average molecular weight is 535 g/mol. The van der Waals surface area contributed by atoms with Gasteiger partial charge in [-0.15, -0.1) is 11.3 Å². The van der Waals surface area contributed by atoms with E-state index < -0.39 is 18.0 Å². The molecule has 10 nitrogen and oxygen atoms in total. The molecule has 0 aliphatic carbocycles. The molecule has 0 saturated heterocycles. The van der Waals surface area contributed by atoms with Crippen molar-refractivity contribution in [3.63, 3.8) is 0 Å². The van der Waals surface area contributed by atoms with Crippen LogP contribution < -0.4 is 14.8 Å². The van der Waals surface area contributed by atoms with Gasteiger partial charge in [0.05, 0.1) is 52.6 Å². The molecule has 5 aromatic rings. The number of thiazole rings is 1. The van der Waals surface area contributed by atoms with E-state index in [0.717, 1.165) is 15.8 Å².